The summed E-state index contributed by atoms with van der Waals surface area (Å²) in [6.07, 6.45) is -0.569. The zero-order chi connectivity index (χ0) is 15.1. The van der Waals surface area contributed by atoms with E-state index in [4.69, 9.17) is 5.73 Å². The van der Waals surface area contributed by atoms with Gasteiger partial charge in [0.2, 0.25) is 10.0 Å². The smallest absolute Gasteiger partial charge is 0.274 e. The number of rotatable bonds is 3. The van der Waals surface area contributed by atoms with Crippen LogP contribution in [0.5, 0.6) is 0 Å². The zero-order valence-corrected chi connectivity index (χ0v) is 11.0. The highest BCUT2D eigenvalue weighted by molar-refractivity contribution is 7.89. The lowest BCUT2D eigenvalue weighted by Crippen LogP contribution is -2.31. The van der Waals surface area contributed by atoms with Crippen molar-refractivity contribution in [2.75, 3.05) is 18.8 Å². The molecule has 8 nitrogen and oxygen atoms in total. The summed E-state index contributed by atoms with van der Waals surface area (Å²) in [5.74, 6) is -1.28. The second-order valence-electron chi connectivity index (χ2n) is 4.41. The summed E-state index contributed by atoms with van der Waals surface area (Å²) in [5, 5.41) is 19.9. The molecule has 1 fully saturated rings. The number of benzene rings is 1. The maximum atomic E-state index is 13.9. The number of sulfonamides is 1. The molecule has 0 radical (unpaired) electrons. The van der Waals surface area contributed by atoms with Gasteiger partial charge in [-0.15, -0.1) is 0 Å². The van der Waals surface area contributed by atoms with Gasteiger partial charge in [0, 0.05) is 19.2 Å². The minimum absolute atomic E-state index is 0.0410. The average molecular weight is 305 g/mol. The first-order chi connectivity index (χ1) is 9.23. The maximum absolute atomic E-state index is 13.9. The van der Waals surface area contributed by atoms with E-state index < -0.39 is 43.1 Å². The molecule has 0 saturated carbocycles. The molecular formula is C10H12FN3O5S. The van der Waals surface area contributed by atoms with Gasteiger partial charge in [-0.1, -0.05) is 0 Å². The van der Waals surface area contributed by atoms with E-state index >= 15 is 0 Å². The van der Waals surface area contributed by atoms with Crippen LogP contribution >= 0.6 is 0 Å². The third-order valence-electron chi connectivity index (χ3n) is 2.99. The Morgan fingerprint density at radius 1 is 1.50 bits per heavy atom. The Morgan fingerprint density at radius 2 is 2.15 bits per heavy atom. The molecule has 2 rings (SSSR count). The Hall–Kier alpha value is -1.78. The highest BCUT2D eigenvalue weighted by Crippen LogP contribution is 2.31. The van der Waals surface area contributed by atoms with Crippen molar-refractivity contribution < 1.29 is 22.8 Å². The van der Waals surface area contributed by atoms with Crippen LogP contribution in [0.25, 0.3) is 0 Å². The molecule has 0 amide bonds. The number of nitrogens with two attached hydrogens (primary N) is 1. The van der Waals surface area contributed by atoms with E-state index in [-0.39, 0.29) is 19.5 Å². The molecule has 1 heterocycles. The fourth-order valence-corrected chi connectivity index (χ4v) is 3.67. The molecule has 0 bridgehead atoms. The van der Waals surface area contributed by atoms with E-state index in [1.807, 2.05) is 0 Å². The summed E-state index contributed by atoms with van der Waals surface area (Å²) >= 11 is 0. The second kappa shape index (κ2) is 4.96. The molecule has 1 aliphatic heterocycles. The van der Waals surface area contributed by atoms with Crippen molar-refractivity contribution in [3.05, 3.63) is 28.1 Å². The maximum Gasteiger partial charge on any atom is 0.274 e. The fraction of sp³-hybridized carbons (Fsp3) is 0.400. The lowest BCUT2D eigenvalue weighted by molar-refractivity contribution is -0.385. The molecule has 20 heavy (non-hydrogen) atoms. The molecular weight excluding hydrogens is 293 g/mol. The lowest BCUT2D eigenvalue weighted by Gasteiger charge is -2.17. The van der Waals surface area contributed by atoms with E-state index in [0.717, 1.165) is 10.4 Å². The molecule has 0 aliphatic carbocycles. The third-order valence-corrected chi connectivity index (χ3v) is 4.95. The van der Waals surface area contributed by atoms with Crippen LogP contribution in [-0.2, 0) is 10.0 Å². The molecule has 3 N–H and O–H groups in total. The number of aliphatic hydroxyl groups is 1. The van der Waals surface area contributed by atoms with Gasteiger partial charge in [0.05, 0.1) is 22.8 Å². The molecule has 1 aromatic carbocycles. The van der Waals surface area contributed by atoms with Crippen molar-refractivity contribution in [2.45, 2.75) is 17.4 Å². The number of aliphatic hydroxyl groups excluding tert-OH is 1. The van der Waals surface area contributed by atoms with Gasteiger partial charge in [0.15, 0.2) is 5.82 Å². The highest BCUT2D eigenvalue weighted by Gasteiger charge is 2.35. The van der Waals surface area contributed by atoms with Gasteiger partial charge in [-0.3, -0.25) is 10.1 Å². The molecule has 110 valence electrons. The van der Waals surface area contributed by atoms with Crippen molar-refractivity contribution in [2.24, 2.45) is 0 Å². The van der Waals surface area contributed by atoms with Gasteiger partial charge in [-0.2, -0.15) is 4.31 Å². The van der Waals surface area contributed by atoms with Gasteiger partial charge in [-0.05, 0) is 6.42 Å². The van der Waals surface area contributed by atoms with Gasteiger partial charge in [0.1, 0.15) is 4.90 Å². The summed E-state index contributed by atoms with van der Waals surface area (Å²) < 4.78 is 39.2. The Kier molecular flexibility index (Phi) is 3.63. The van der Waals surface area contributed by atoms with Crippen LogP contribution in [0.2, 0.25) is 0 Å². The first-order valence-electron chi connectivity index (χ1n) is 5.65. The van der Waals surface area contributed by atoms with E-state index in [0.29, 0.717) is 6.07 Å². The normalized spacial score (nSPS) is 20.2. The van der Waals surface area contributed by atoms with E-state index in [9.17, 15) is 28.0 Å². The Morgan fingerprint density at radius 3 is 2.60 bits per heavy atom. The number of halogens is 1. The van der Waals surface area contributed by atoms with Crippen molar-refractivity contribution >= 4 is 21.4 Å². The third kappa shape index (κ3) is 2.44. The quantitative estimate of drug-likeness (QED) is 0.462. The van der Waals surface area contributed by atoms with Crippen molar-refractivity contribution in [1.82, 2.24) is 4.31 Å². The summed E-state index contributed by atoms with van der Waals surface area (Å²) in [6, 6.07) is 1.30. The van der Waals surface area contributed by atoms with Gasteiger partial charge < -0.3 is 10.8 Å². The van der Waals surface area contributed by atoms with Crippen LogP contribution < -0.4 is 5.73 Å². The number of non-ortho nitro benzene ring substituents is 1. The molecule has 1 saturated heterocycles. The fourth-order valence-electron chi connectivity index (χ4n) is 2.04. The monoisotopic (exact) mass is 305 g/mol. The summed E-state index contributed by atoms with van der Waals surface area (Å²) in [6.45, 7) is -0.114. The highest BCUT2D eigenvalue weighted by atomic mass is 32.2. The molecule has 1 unspecified atom stereocenters. The number of nitrogen functional groups attached to an aromatic ring is 1. The number of hydrogen-bond donors (Lipinski definition) is 2. The first-order valence-corrected chi connectivity index (χ1v) is 7.09. The standard InChI is InChI=1S/C10H12FN3O5S/c11-8-3-6(14(16)17)4-9(12)10(8)20(18,19)13-2-1-7(15)5-13/h3-4,7,15H,1-2,5,12H2. The number of nitro benzene ring substituents is 1. The van der Waals surface area contributed by atoms with Crippen LogP contribution in [0.4, 0.5) is 15.8 Å². The SMILES string of the molecule is Nc1cc([N+](=O)[O-])cc(F)c1S(=O)(=O)N1CCC(O)C1. The van der Waals surface area contributed by atoms with Gasteiger partial charge >= 0.3 is 0 Å². The van der Waals surface area contributed by atoms with Gasteiger partial charge in [0.25, 0.3) is 5.69 Å². The van der Waals surface area contributed by atoms with Gasteiger partial charge in [-0.25, -0.2) is 12.8 Å². The molecule has 1 atom stereocenters. The number of hydrogen-bond acceptors (Lipinski definition) is 6. The molecule has 1 aromatic rings. The minimum atomic E-state index is -4.22. The van der Waals surface area contributed by atoms with Crippen LogP contribution in [0.15, 0.2) is 17.0 Å². The zero-order valence-electron chi connectivity index (χ0n) is 10.2. The van der Waals surface area contributed by atoms with Crippen LogP contribution in [-0.4, -0.2) is 41.9 Å². The Bertz CT molecular complexity index is 640. The number of β-amino-alcohol motifs (C(OH)–C–C–N with tert-alkyl or cyclic N) is 1. The number of nitrogens with zero attached hydrogens (tertiary/aromatic N) is 2. The molecule has 0 spiro atoms. The topological polar surface area (TPSA) is 127 Å². The second-order valence-corrected chi connectivity index (χ2v) is 6.28. The molecule has 0 aromatic heterocycles. The Labute approximate surface area is 113 Å². The predicted molar refractivity (Wildman–Crippen MR) is 66.8 cm³/mol. The minimum Gasteiger partial charge on any atom is -0.397 e. The van der Waals surface area contributed by atoms with Crippen molar-refractivity contribution in [3.63, 3.8) is 0 Å². The predicted octanol–water partition coefficient (Wildman–Crippen LogP) is 0.0714. The largest absolute Gasteiger partial charge is 0.397 e. The summed E-state index contributed by atoms with van der Waals surface area (Å²) in [4.78, 5) is 8.90. The van der Waals surface area contributed by atoms with Crippen LogP contribution in [0, 0.1) is 15.9 Å². The Balaban J connectivity index is 2.50. The lowest BCUT2D eigenvalue weighted by atomic mass is 10.3. The average Bonchev–Trinajstić information content (AvgIpc) is 2.75. The van der Waals surface area contributed by atoms with Crippen molar-refractivity contribution in [1.29, 1.82) is 0 Å². The van der Waals surface area contributed by atoms with Crippen molar-refractivity contribution in [3.8, 4) is 0 Å². The molecule has 10 heteroatoms. The van der Waals surface area contributed by atoms with E-state index in [1.165, 1.54) is 0 Å². The first kappa shape index (κ1) is 14.6. The summed E-state index contributed by atoms with van der Waals surface area (Å²) in [5.41, 5.74) is 4.28. The summed E-state index contributed by atoms with van der Waals surface area (Å²) in [7, 11) is -4.22. The van der Waals surface area contributed by atoms with Crippen LogP contribution in [0.3, 0.4) is 0 Å². The van der Waals surface area contributed by atoms with E-state index in [2.05, 4.69) is 0 Å². The number of nitro groups is 1. The number of anilines is 1. The molecule has 1 aliphatic rings. The van der Waals surface area contributed by atoms with E-state index in [1.54, 1.807) is 0 Å². The van der Waals surface area contributed by atoms with Crippen LogP contribution in [0.1, 0.15) is 6.42 Å².